The number of aliphatic hydroxyl groups is 1. The molecule has 3 N–H and O–H groups in total. The predicted molar refractivity (Wildman–Crippen MR) is 56.0 cm³/mol. The highest BCUT2D eigenvalue weighted by atomic mass is 16.3. The average Bonchev–Trinajstić information content (AvgIpc) is 2.16. The normalized spacial score (nSPS) is 11.4. The summed E-state index contributed by atoms with van der Waals surface area (Å²) < 4.78 is 0. The van der Waals surface area contributed by atoms with Gasteiger partial charge < -0.3 is 15.7 Å². The van der Waals surface area contributed by atoms with Gasteiger partial charge in [-0.3, -0.25) is 0 Å². The highest BCUT2D eigenvalue weighted by molar-refractivity contribution is 5.39. The third-order valence-corrected chi connectivity index (χ3v) is 2.26. The molecule has 0 aliphatic carbocycles. The van der Waals surface area contributed by atoms with E-state index < -0.39 is 5.54 Å². The summed E-state index contributed by atoms with van der Waals surface area (Å²) in [5, 5.41) is 9.17. The van der Waals surface area contributed by atoms with Gasteiger partial charge in [-0.05, 0) is 19.9 Å². The van der Waals surface area contributed by atoms with Crippen LogP contribution in [0.5, 0.6) is 0 Å². The zero-order valence-electron chi connectivity index (χ0n) is 8.73. The lowest BCUT2D eigenvalue weighted by molar-refractivity contribution is 0.215. The zero-order valence-corrected chi connectivity index (χ0v) is 8.73. The molecule has 0 spiro atoms. The van der Waals surface area contributed by atoms with Crippen molar-refractivity contribution in [2.75, 3.05) is 24.3 Å². The Morgan fingerprint density at radius 1 is 1.57 bits per heavy atom. The van der Waals surface area contributed by atoms with Gasteiger partial charge in [0.25, 0.3) is 0 Å². The summed E-state index contributed by atoms with van der Waals surface area (Å²) in [6.45, 7) is 3.83. The first-order valence-electron chi connectivity index (χ1n) is 4.40. The summed E-state index contributed by atoms with van der Waals surface area (Å²) >= 11 is 0. The number of nitrogen functional groups attached to an aromatic ring is 1. The molecule has 0 saturated heterocycles. The van der Waals surface area contributed by atoms with E-state index in [1.54, 1.807) is 17.2 Å². The Hall–Kier alpha value is -1.36. The summed E-state index contributed by atoms with van der Waals surface area (Å²) in [6, 6.07) is 1.63. The van der Waals surface area contributed by atoms with Gasteiger partial charge in [0.1, 0.15) is 5.82 Å². The predicted octanol–water partition coefficient (Wildman–Crippen LogP) is 0.266. The van der Waals surface area contributed by atoms with E-state index in [9.17, 15) is 0 Å². The lowest BCUT2D eigenvalue weighted by Crippen LogP contribution is -2.45. The fourth-order valence-corrected chi connectivity index (χ4v) is 0.900. The molecule has 14 heavy (non-hydrogen) atoms. The van der Waals surface area contributed by atoms with Crippen LogP contribution >= 0.6 is 0 Å². The van der Waals surface area contributed by atoms with E-state index in [-0.39, 0.29) is 6.61 Å². The maximum absolute atomic E-state index is 9.17. The van der Waals surface area contributed by atoms with E-state index in [4.69, 9.17) is 10.8 Å². The molecule has 0 atom stereocenters. The molecular formula is C9H16N4O. The third-order valence-electron chi connectivity index (χ3n) is 2.26. The van der Waals surface area contributed by atoms with Gasteiger partial charge in [-0.15, -0.1) is 0 Å². The van der Waals surface area contributed by atoms with Gasteiger partial charge in [0.05, 0.1) is 12.1 Å². The molecule has 1 aromatic heterocycles. The van der Waals surface area contributed by atoms with Crippen LogP contribution in [0.1, 0.15) is 13.8 Å². The molecule has 1 heterocycles. The van der Waals surface area contributed by atoms with Crippen molar-refractivity contribution >= 4 is 11.8 Å². The van der Waals surface area contributed by atoms with E-state index in [2.05, 4.69) is 9.97 Å². The maximum Gasteiger partial charge on any atom is 0.227 e. The average molecular weight is 196 g/mol. The maximum atomic E-state index is 9.17. The first-order valence-corrected chi connectivity index (χ1v) is 4.40. The number of hydrogen-bond acceptors (Lipinski definition) is 5. The van der Waals surface area contributed by atoms with Crippen LogP contribution < -0.4 is 10.6 Å². The Kier molecular flexibility index (Phi) is 2.90. The van der Waals surface area contributed by atoms with Crippen molar-refractivity contribution in [3.05, 3.63) is 12.3 Å². The molecule has 0 saturated carbocycles. The van der Waals surface area contributed by atoms with Crippen LogP contribution in [0.2, 0.25) is 0 Å². The number of likely N-dealkylation sites (N-methyl/N-ethyl adjacent to an activating group) is 1. The number of hydrogen-bond donors (Lipinski definition) is 2. The summed E-state index contributed by atoms with van der Waals surface area (Å²) in [7, 11) is 1.82. The molecule has 0 unspecified atom stereocenters. The Bertz CT molecular complexity index is 313. The molecule has 1 aromatic rings. The minimum atomic E-state index is -0.395. The van der Waals surface area contributed by atoms with Crippen molar-refractivity contribution in [2.24, 2.45) is 0 Å². The first kappa shape index (κ1) is 10.7. The van der Waals surface area contributed by atoms with E-state index in [0.29, 0.717) is 11.8 Å². The van der Waals surface area contributed by atoms with Crippen LogP contribution in [0.25, 0.3) is 0 Å². The van der Waals surface area contributed by atoms with Gasteiger partial charge >= 0.3 is 0 Å². The van der Waals surface area contributed by atoms with Crippen molar-refractivity contribution in [3.63, 3.8) is 0 Å². The van der Waals surface area contributed by atoms with Crippen LogP contribution in [0, 0.1) is 0 Å². The van der Waals surface area contributed by atoms with Gasteiger partial charge in [-0.2, -0.15) is 4.98 Å². The van der Waals surface area contributed by atoms with Crippen LogP contribution in [0.4, 0.5) is 11.8 Å². The van der Waals surface area contributed by atoms with Gasteiger partial charge in [0, 0.05) is 13.2 Å². The van der Waals surface area contributed by atoms with Gasteiger partial charge in [-0.25, -0.2) is 4.98 Å². The second-order valence-electron chi connectivity index (χ2n) is 3.81. The highest BCUT2D eigenvalue weighted by Gasteiger charge is 2.24. The topological polar surface area (TPSA) is 75.3 Å². The molecule has 0 fully saturated rings. The molecule has 0 aliphatic heterocycles. The molecule has 78 valence electrons. The second kappa shape index (κ2) is 3.79. The van der Waals surface area contributed by atoms with Crippen molar-refractivity contribution in [3.8, 4) is 0 Å². The molecule has 0 radical (unpaired) electrons. The van der Waals surface area contributed by atoms with Crippen molar-refractivity contribution < 1.29 is 5.11 Å². The molecule has 0 bridgehead atoms. The largest absolute Gasteiger partial charge is 0.394 e. The Morgan fingerprint density at radius 2 is 2.21 bits per heavy atom. The van der Waals surface area contributed by atoms with Crippen molar-refractivity contribution in [1.82, 2.24) is 9.97 Å². The summed E-state index contributed by atoms with van der Waals surface area (Å²) in [6.07, 6.45) is 1.60. The van der Waals surface area contributed by atoms with Crippen molar-refractivity contribution in [1.29, 1.82) is 0 Å². The molecule has 5 nitrogen and oxygen atoms in total. The third kappa shape index (κ3) is 2.11. The summed E-state index contributed by atoms with van der Waals surface area (Å²) in [5.41, 5.74) is 5.15. The molecule has 5 heteroatoms. The monoisotopic (exact) mass is 196 g/mol. The summed E-state index contributed by atoms with van der Waals surface area (Å²) in [5.74, 6) is 0.944. The van der Waals surface area contributed by atoms with Gasteiger partial charge in [-0.1, -0.05) is 0 Å². The smallest absolute Gasteiger partial charge is 0.227 e. The quantitative estimate of drug-likeness (QED) is 0.725. The minimum Gasteiger partial charge on any atom is -0.394 e. The number of nitrogens with two attached hydrogens (primary N) is 1. The lowest BCUT2D eigenvalue weighted by atomic mass is 10.1. The number of aliphatic hydroxyl groups excluding tert-OH is 1. The SMILES string of the molecule is CN(c1nccc(N)n1)C(C)(C)CO. The Labute approximate surface area is 83.6 Å². The van der Waals surface area contributed by atoms with E-state index in [1.165, 1.54) is 0 Å². The molecule has 1 rings (SSSR count). The van der Waals surface area contributed by atoms with E-state index >= 15 is 0 Å². The zero-order chi connectivity index (χ0) is 10.8. The summed E-state index contributed by atoms with van der Waals surface area (Å²) in [4.78, 5) is 9.94. The van der Waals surface area contributed by atoms with Crippen LogP contribution in [-0.4, -0.2) is 34.3 Å². The second-order valence-corrected chi connectivity index (χ2v) is 3.81. The molecular weight excluding hydrogens is 180 g/mol. The molecule has 0 amide bonds. The Balaban J connectivity index is 2.94. The minimum absolute atomic E-state index is 0.0294. The molecule has 0 aliphatic rings. The van der Waals surface area contributed by atoms with Crippen LogP contribution in [-0.2, 0) is 0 Å². The number of anilines is 2. The molecule has 0 aromatic carbocycles. The van der Waals surface area contributed by atoms with Crippen LogP contribution in [0.3, 0.4) is 0 Å². The lowest BCUT2D eigenvalue weighted by Gasteiger charge is -2.33. The standard InChI is InChI=1S/C9H16N4O/c1-9(2,6-14)13(3)8-11-5-4-7(10)12-8/h4-5,14H,6H2,1-3H3,(H2,10,11,12). The number of nitrogens with zero attached hydrogens (tertiary/aromatic N) is 3. The van der Waals surface area contributed by atoms with Crippen LogP contribution in [0.15, 0.2) is 12.3 Å². The number of rotatable bonds is 3. The fourth-order valence-electron chi connectivity index (χ4n) is 0.900. The van der Waals surface area contributed by atoms with Gasteiger partial charge in [0.15, 0.2) is 0 Å². The van der Waals surface area contributed by atoms with Crippen molar-refractivity contribution in [2.45, 2.75) is 19.4 Å². The van der Waals surface area contributed by atoms with Gasteiger partial charge in [0.2, 0.25) is 5.95 Å². The van der Waals surface area contributed by atoms with E-state index in [0.717, 1.165) is 0 Å². The first-order chi connectivity index (χ1) is 6.47. The fraction of sp³-hybridized carbons (Fsp3) is 0.556. The highest BCUT2D eigenvalue weighted by Crippen LogP contribution is 2.17. The van der Waals surface area contributed by atoms with E-state index in [1.807, 2.05) is 20.9 Å². The Morgan fingerprint density at radius 3 is 2.71 bits per heavy atom. The number of aromatic nitrogens is 2.